The lowest BCUT2D eigenvalue weighted by atomic mass is 10.1. The Balaban J connectivity index is 3.71. The van der Waals surface area contributed by atoms with Gasteiger partial charge in [-0.3, -0.25) is 0 Å². The van der Waals surface area contributed by atoms with Crippen molar-refractivity contribution in [2.75, 3.05) is 0 Å². The van der Waals surface area contributed by atoms with Crippen LogP contribution < -0.4 is 0 Å². The van der Waals surface area contributed by atoms with E-state index in [1.165, 1.54) is 0 Å². The Kier molecular flexibility index (Phi) is 6.18. The summed E-state index contributed by atoms with van der Waals surface area (Å²) in [5.41, 5.74) is 6.44. The van der Waals surface area contributed by atoms with Crippen molar-refractivity contribution < 1.29 is 0 Å². The van der Waals surface area contributed by atoms with E-state index >= 15 is 0 Å². The maximum atomic E-state index is 2.79. The first-order valence-corrected chi connectivity index (χ1v) is 16.0. The quantitative estimate of drug-likeness (QED) is 0.521. The average Bonchev–Trinajstić information content (AvgIpc) is 2.41. The first-order chi connectivity index (χ1) is 10.0. The zero-order valence-corrected chi connectivity index (χ0v) is 18.7. The molecule has 0 saturated carbocycles. The predicted molar refractivity (Wildman–Crippen MR) is 106 cm³/mol. The van der Waals surface area contributed by atoms with Crippen LogP contribution >= 0.6 is 0 Å². The predicted octanol–water partition coefficient (Wildman–Crippen LogP) is 6.34. The molecule has 22 heavy (non-hydrogen) atoms. The van der Waals surface area contributed by atoms with Crippen LogP contribution in [0.25, 0.3) is 0 Å². The van der Waals surface area contributed by atoms with Gasteiger partial charge in [0, 0.05) is 22.8 Å². The lowest BCUT2D eigenvalue weighted by Gasteiger charge is -2.52. The molecule has 0 spiro atoms. The molecule has 1 rings (SSSR count). The van der Waals surface area contributed by atoms with Crippen molar-refractivity contribution >= 4 is 16.5 Å². The molecule has 0 atom stereocenters. The normalized spacial score (nSPS) is 17.7. The molecule has 0 bridgehead atoms. The summed E-state index contributed by atoms with van der Waals surface area (Å²) in [6.45, 7) is 24.3. The fourth-order valence-electron chi connectivity index (χ4n) is 3.91. The van der Waals surface area contributed by atoms with E-state index in [-0.39, 0.29) is 0 Å². The molecule has 0 aromatic rings. The third-order valence-electron chi connectivity index (χ3n) is 4.43. The minimum atomic E-state index is -1.42. The molecule has 0 aromatic heterocycles. The molecule has 0 radical (unpaired) electrons. The fourth-order valence-corrected chi connectivity index (χ4v) is 8.30. The van der Waals surface area contributed by atoms with Gasteiger partial charge in [-0.05, 0) is 25.7 Å². The third-order valence-corrected chi connectivity index (χ3v) is 8.19. The van der Waals surface area contributed by atoms with Gasteiger partial charge in [0.2, 0.25) is 0 Å². The first-order valence-electron chi connectivity index (χ1n) is 9.08. The summed E-state index contributed by atoms with van der Waals surface area (Å²) in [6.07, 6.45) is 4.59. The van der Waals surface area contributed by atoms with Crippen molar-refractivity contribution in [1.82, 2.24) is 9.13 Å². The number of hydrogen-bond acceptors (Lipinski definition) is 2. The van der Waals surface area contributed by atoms with Gasteiger partial charge in [0.1, 0.15) is 0 Å². The van der Waals surface area contributed by atoms with Crippen molar-refractivity contribution in [3.05, 3.63) is 22.8 Å². The van der Waals surface area contributed by atoms with E-state index in [1.807, 2.05) is 0 Å². The van der Waals surface area contributed by atoms with Gasteiger partial charge >= 0.3 is 0 Å². The smallest absolute Gasteiger partial charge is 0.152 e. The monoisotopic (exact) mass is 338 g/mol. The Hall–Kier alpha value is -0.486. The second-order valence-electron chi connectivity index (χ2n) is 8.21. The molecule has 2 nitrogen and oxygen atoms in total. The maximum absolute atomic E-state index is 2.79. The van der Waals surface area contributed by atoms with Crippen LogP contribution in [0.4, 0.5) is 0 Å². The number of allylic oxidation sites excluding steroid dienone is 4. The zero-order chi connectivity index (χ0) is 17.3. The summed E-state index contributed by atoms with van der Waals surface area (Å²) in [5.74, 6) is 0. The maximum Gasteiger partial charge on any atom is 0.152 e. The van der Waals surface area contributed by atoms with E-state index in [1.54, 1.807) is 22.8 Å². The van der Waals surface area contributed by atoms with Gasteiger partial charge < -0.3 is 9.13 Å². The van der Waals surface area contributed by atoms with Crippen molar-refractivity contribution in [1.29, 1.82) is 0 Å². The summed E-state index contributed by atoms with van der Waals surface area (Å²) >= 11 is 0. The molecule has 0 unspecified atom stereocenters. The molecule has 0 amide bonds. The highest BCUT2D eigenvalue weighted by Gasteiger charge is 2.40. The SMILES string of the molecule is CCC1=C(CC)N([Si](C)(C)C)C(CC)=C(CC)N1[Si](C)(C)C. The molecule has 0 N–H and O–H groups in total. The third kappa shape index (κ3) is 3.53. The van der Waals surface area contributed by atoms with E-state index < -0.39 is 16.5 Å². The van der Waals surface area contributed by atoms with E-state index in [2.05, 4.69) is 76.1 Å². The highest BCUT2D eigenvalue weighted by atomic mass is 28.3. The lowest BCUT2D eigenvalue weighted by molar-refractivity contribution is 0.438. The summed E-state index contributed by atoms with van der Waals surface area (Å²) in [4.78, 5) is 0. The Labute approximate surface area is 141 Å². The molecule has 0 aromatic carbocycles. The number of nitrogens with zero attached hydrogens (tertiary/aromatic N) is 2. The Bertz CT molecular complexity index is 392. The van der Waals surface area contributed by atoms with Crippen molar-refractivity contribution in [3.8, 4) is 0 Å². The molecule has 1 aliphatic rings. The van der Waals surface area contributed by atoms with E-state index in [0.717, 1.165) is 25.7 Å². The van der Waals surface area contributed by atoms with Gasteiger partial charge in [-0.25, -0.2) is 0 Å². The molecule has 0 aliphatic carbocycles. The van der Waals surface area contributed by atoms with Crippen LogP contribution in [-0.4, -0.2) is 25.6 Å². The minimum absolute atomic E-state index is 1.15. The Morgan fingerprint density at radius 2 is 0.682 bits per heavy atom. The highest BCUT2D eigenvalue weighted by molar-refractivity contribution is 6.75. The molecular formula is C18H38N2Si2. The fraction of sp³-hybridized carbons (Fsp3) is 0.778. The van der Waals surface area contributed by atoms with E-state index in [0.29, 0.717) is 0 Å². The molecule has 1 heterocycles. The van der Waals surface area contributed by atoms with Crippen LogP contribution in [-0.2, 0) is 0 Å². The van der Waals surface area contributed by atoms with Gasteiger partial charge in [0.25, 0.3) is 0 Å². The number of rotatable bonds is 6. The van der Waals surface area contributed by atoms with E-state index in [9.17, 15) is 0 Å². The van der Waals surface area contributed by atoms with Crippen molar-refractivity contribution in [2.24, 2.45) is 0 Å². The molecule has 4 heteroatoms. The zero-order valence-electron chi connectivity index (χ0n) is 16.7. The average molecular weight is 339 g/mol. The highest BCUT2D eigenvalue weighted by Crippen LogP contribution is 2.42. The van der Waals surface area contributed by atoms with Crippen molar-refractivity contribution in [3.63, 3.8) is 0 Å². The molecule has 0 fully saturated rings. The second kappa shape index (κ2) is 6.95. The van der Waals surface area contributed by atoms with Crippen LogP contribution in [0, 0.1) is 0 Å². The lowest BCUT2D eigenvalue weighted by Crippen LogP contribution is -2.54. The van der Waals surface area contributed by atoms with Crippen LogP contribution in [0.15, 0.2) is 22.8 Å². The standard InChI is InChI=1S/C18H38N2Si2/c1-11-15-16(12-2)20(22(8,9)10)18(14-4)17(13-3)19(15)21(5,6)7/h11-14H2,1-10H3. The Morgan fingerprint density at radius 1 is 0.500 bits per heavy atom. The van der Waals surface area contributed by atoms with Gasteiger partial charge in [0.15, 0.2) is 16.5 Å². The summed E-state index contributed by atoms with van der Waals surface area (Å²) in [6, 6.07) is 0. The van der Waals surface area contributed by atoms with Gasteiger partial charge in [-0.15, -0.1) is 0 Å². The van der Waals surface area contributed by atoms with Crippen LogP contribution in [0.3, 0.4) is 0 Å². The molecule has 1 aliphatic heterocycles. The molecular weight excluding hydrogens is 300 g/mol. The molecule has 0 saturated heterocycles. The number of hydrogen-bond donors (Lipinski definition) is 0. The van der Waals surface area contributed by atoms with Gasteiger partial charge in [-0.2, -0.15) is 0 Å². The van der Waals surface area contributed by atoms with Crippen LogP contribution in [0.1, 0.15) is 53.4 Å². The van der Waals surface area contributed by atoms with Crippen LogP contribution in [0.2, 0.25) is 39.3 Å². The summed E-state index contributed by atoms with van der Waals surface area (Å²) in [7, 11) is -2.85. The summed E-state index contributed by atoms with van der Waals surface area (Å²) < 4.78 is 5.59. The van der Waals surface area contributed by atoms with Crippen molar-refractivity contribution in [2.45, 2.75) is 92.7 Å². The summed E-state index contributed by atoms with van der Waals surface area (Å²) in [5, 5.41) is 0. The largest absolute Gasteiger partial charge is 0.373 e. The minimum Gasteiger partial charge on any atom is -0.373 e. The molecule has 128 valence electrons. The Morgan fingerprint density at radius 3 is 0.773 bits per heavy atom. The van der Waals surface area contributed by atoms with Gasteiger partial charge in [-0.1, -0.05) is 67.0 Å². The van der Waals surface area contributed by atoms with E-state index in [4.69, 9.17) is 0 Å². The first kappa shape index (κ1) is 19.6. The second-order valence-corrected chi connectivity index (χ2v) is 17.8. The topological polar surface area (TPSA) is 6.48 Å². The van der Waals surface area contributed by atoms with Crippen LogP contribution in [0.5, 0.6) is 0 Å². The van der Waals surface area contributed by atoms with Gasteiger partial charge in [0.05, 0.1) is 0 Å².